The summed E-state index contributed by atoms with van der Waals surface area (Å²) in [5, 5.41) is 0. The smallest absolute Gasteiger partial charge is 0.179 e. The standard InChI is InChI=1S/C33H38N4/c1-20(2)22-13-16-24(17-14-22)36-29-30(35-27-12-10-9-11-26(27)34-29)37-28-18-15-23(21(3)4)19-25(28)32(5,6)33(7,8)31(36)37/h9-21,31H,1-8H3. The number of hydrogen-bond acceptors (Lipinski definition) is 4. The number of fused-ring (bicyclic) bond motifs is 6. The van der Waals surface area contributed by atoms with E-state index >= 15 is 0 Å². The van der Waals surface area contributed by atoms with E-state index in [0.29, 0.717) is 11.8 Å². The van der Waals surface area contributed by atoms with Crippen LogP contribution in [0.25, 0.3) is 11.0 Å². The van der Waals surface area contributed by atoms with E-state index in [-0.39, 0.29) is 17.0 Å². The van der Waals surface area contributed by atoms with Gasteiger partial charge in [0.2, 0.25) is 0 Å². The number of benzene rings is 3. The molecule has 0 radical (unpaired) electrons. The second-order valence-corrected chi connectivity index (χ2v) is 12.5. The van der Waals surface area contributed by atoms with Gasteiger partial charge in [-0.05, 0) is 58.9 Å². The quantitative estimate of drug-likeness (QED) is 0.287. The van der Waals surface area contributed by atoms with Gasteiger partial charge in [0, 0.05) is 22.2 Å². The van der Waals surface area contributed by atoms with Gasteiger partial charge in [0.1, 0.15) is 6.17 Å². The third-order valence-electron chi connectivity index (χ3n) is 9.19. The molecule has 0 saturated carbocycles. The van der Waals surface area contributed by atoms with E-state index in [1.807, 2.05) is 12.1 Å². The summed E-state index contributed by atoms with van der Waals surface area (Å²) in [5.41, 5.74) is 8.17. The molecule has 2 aliphatic heterocycles. The molecule has 190 valence electrons. The Morgan fingerprint density at radius 3 is 1.78 bits per heavy atom. The van der Waals surface area contributed by atoms with Crippen molar-refractivity contribution in [1.29, 1.82) is 0 Å². The Morgan fingerprint density at radius 2 is 1.22 bits per heavy atom. The van der Waals surface area contributed by atoms with E-state index in [1.54, 1.807) is 0 Å². The van der Waals surface area contributed by atoms with Gasteiger partial charge < -0.3 is 9.80 Å². The van der Waals surface area contributed by atoms with Crippen LogP contribution in [-0.4, -0.2) is 16.1 Å². The first kappa shape index (κ1) is 24.0. The minimum Gasteiger partial charge on any atom is -0.301 e. The van der Waals surface area contributed by atoms with Crippen LogP contribution >= 0.6 is 0 Å². The van der Waals surface area contributed by atoms with Crippen molar-refractivity contribution in [2.45, 2.75) is 78.8 Å². The SMILES string of the molecule is CC(C)c1ccc(N2c3nc4ccccc4nc3N3c4ccc(C(C)C)cc4C(C)(C)C(C)(C)C23)cc1. The molecule has 3 heterocycles. The minimum absolute atomic E-state index is 0.0385. The van der Waals surface area contributed by atoms with E-state index in [1.165, 1.54) is 22.4 Å². The van der Waals surface area contributed by atoms with Crippen LogP contribution in [0.1, 0.15) is 83.9 Å². The molecular formula is C33H38N4. The van der Waals surface area contributed by atoms with Crippen LogP contribution in [-0.2, 0) is 5.41 Å². The van der Waals surface area contributed by atoms with Crippen LogP contribution in [0.3, 0.4) is 0 Å². The number of anilines is 4. The first-order chi connectivity index (χ1) is 17.5. The lowest BCUT2D eigenvalue weighted by atomic mass is 9.59. The van der Waals surface area contributed by atoms with Gasteiger partial charge in [-0.3, -0.25) is 0 Å². The fraction of sp³-hybridized carbons (Fsp3) is 0.394. The maximum absolute atomic E-state index is 5.25. The Balaban J connectivity index is 1.65. The summed E-state index contributed by atoms with van der Waals surface area (Å²) in [6.45, 7) is 18.7. The van der Waals surface area contributed by atoms with Crippen molar-refractivity contribution in [1.82, 2.24) is 9.97 Å². The number of para-hydroxylation sites is 2. The molecule has 0 amide bonds. The van der Waals surface area contributed by atoms with Crippen molar-refractivity contribution in [3.8, 4) is 0 Å². The van der Waals surface area contributed by atoms with Gasteiger partial charge in [-0.25, -0.2) is 9.97 Å². The van der Waals surface area contributed by atoms with E-state index in [9.17, 15) is 0 Å². The monoisotopic (exact) mass is 490 g/mol. The average Bonchev–Trinajstić information content (AvgIpc) is 3.21. The molecule has 6 rings (SSSR count). The molecule has 0 spiro atoms. The fourth-order valence-electron chi connectivity index (χ4n) is 6.12. The first-order valence-corrected chi connectivity index (χ1v) is 13.6. The molecule has 0 fully saturated rings. The Labute approximate surface area is 221 Å². The van der Waals surface area contributed by atoms with Gasteiger partial charge in [-0.15, -0.1) is 0 Å². The molecule has 3 aromatic carbocycles. The van der Waals surface area contributed by atoms with E-state index < -0.39 is 0 Å². The minimum atomic E-state index is -0.124. The summed E-state index contributed by atoms with van der Waals surface area (Å²) < 4.78 is 0. The summed E-state index contributed by atoms with van der Waals surface area (Å²) in [6, 6.07) is 24.3. The molecule has 4 aromatic rings. The molecule has 0 saturated heterocycles. The van der Waals surface area contributed by atoms with Crippen molar-refractivity contribution in [2.24, 2.45) is 5.41 Å². The van der Waals surface area contributed by atoms with Crippen LogP contribution in [0, 0.1) is 5.41 Å². The lowest BCUT2D eigenvalue weighted by molar-refractivity contribution is 0.146. The van der Waals surface area contributed by atoms with Crippen molar-refractivity contribution in [3.05, 3.63) is 83.4 Å². The van der Waals surface area contributed by atoms with Crippen LogP contribution in [0.5, 0.6) is 0 Å². The molecule has 1 unspecified atom stereocenters. The third-order valence-corrected chi connectivity index (χ3v) is 9.19. The summed E-state index contributed by atoms with van der Waals surface area (Å²) in [5.74, 6) is 2.85. The largest absolute Gasteiger partial charge is 0.301 e. The lowest BCUT2D eigenvalue weighted by Crippen LogP contribution is -2.60. The van der Waals surface area contributed by atoms with Crippen LogP contribution < -0.4 is 9.80 Å². The highest BCUT2D eigenvalue weighted by molar-refractivity contribution is 5.91. The molecule has 37 heavy (non-hydrogen) atoms. The van der Waals surface area contributed by atoms with Crippen LogP contribution in [0.4, 0.5) is 23.0 Å². The highest BCUT2D eigenvalue weighted by Crippen LogP contribution is 2.61. The number of rotatable bonds is 3. The number of nitrogens with zero attached hydrogens (tertiary/aromatic N) is 4. The normalized spacial score (nSPS) is 19.4. The zero-order valence-electron chi connectivity index (χ0n) is 23.4. The first-order valence-electron chi connectivity index (χ1n) is 13.6. The van der Waals surface area contributed by atoms with Crippen LogP contribution in [0.2, 0.25) is 0 Å². The molecule has 0 N–H and O–H groups in total. The van der Waals surface area contributed by atoms with Crippen LogP contribution in [0.15, 0.2) is 66.7 Å². The maximum atomic E-state index is 5.25. The van der Waals surface area contributed by atoms with Gasteiger partial charge in [0.05, 0.1) is 11.0 Å². The summed E-state index contributed by atoms with van der Waals surface area (Å²) in [7, 11) is 0. The van der Waals surface area contributed by atoms with Gasteiger partial charge in [-0.2, -0.15) is 0 Å². The fourth-order valence-corrected chi connectivity index (χ4v) is 6.12. The molecule has 4 heteroatoms. The third kappa shape index (κ3) is 3.34. The topological polar surface area (TPSA) is 32.3 Å². The van der Waals surface area contributed by atoms with Gasteiger partial charge in [-0.1, -0.05) is 91.8 Å². The zero-order chi connectivity index (χ0) is 26.3. The average molecular weight is 491 g/mol. The van der Waals surface area contributed by atoms with Crippen molar-refractivity contribution in [3.63, 3.8) is 0 Å². The summed E-state index contributed by atoms with van der Waals surface area (Å²) >= 11 is 0. The second kappa shape index (κ2) is 8.05. The molecule has 1 atom stereocenters. The predicted molar refractivity (Wildman–Crippen MR) is 155 cm³/mol. The van der Waals surface area contributed by atoms with E-state index in [4.69, 9.17) is 9.97 Å². The van der Waals surface area contributed by atoms with Gasteiger partial charge in [0.25, 0.3) is 0 Å². The maximum Gasteiger partial charge on any atom is 0.179 e. The molecule has 2 aliphatic rings. The van der Waals surface area contributed by atoms with Crippen molar-refractivity contribution >= 4 is 34.0 Å². The highest BCUT2D eigenvalue weighted by Gasteiger charge is 2.59. The predicted octanol–water partition coefficient (Wildman–Crippen LogP) is 8.81. The van der Waals surface area contributed by atoms with E-state index in [2.05, 4.69) is 120 Å². The Hall–Kier alpha value is -3.40. The molecule has 0 aliphatic carbocycles. The Bertz CT molecular complexity index is 1500. The lowest BCUT2D eigenvalue weighted by Gasteiger charge is -2.56. The Morgan fingerprint density at radius 1 is 0.676 bits per heavy atom. The van der Waals surface area contributed by atoms with Gasteiger partial charge >= 0.3 is 0 Å². The highest BCUT2D eigenvalue weighted by atomic mass is 15.5. The zero-order valence-corrected chi connectivity index (χ0v) is 23.4. The van der Waals surface area contributed by atoms with Crippen molar-refractivity contribution < 1.29 is 0 Å². The number of hydrogen-bond donors (Lipinski definition) is 0. The molecule has 0 bridgehead atoms. The molecule has 4 nitrogen and oxygen atoms in total. The Kier molecular flexibility index (Phi) is 5.21. The number of aromatic nitrogens is 2. The van der Waals surface area contributed by atoms with E-state index in [0.717, 1.165) is 28.4 Å². The van der Waals surface area contributed by atoms with Gasteiger partial charge in [0.15, 0.2) is 11.6 Å². The molecule has 1 aromatic heterocycles. The summed E-state index contributed by atoms with van der Waals surface area (Å²) in [6.07, 6.45) is 0.0385. The molecular weight excluding hydrogens is 452 g/mol. The van der Waals surface area contributed by atoms with Crippen molar-refractivity contribution in [2.75, 3.05) is 9.80 Å². The second-order valence-electron chi connectivity index (χ2n) is 12.5. The summed E-state index contributed by atoms with van der Waals surface area (Å²) in [4.78, 5) is 15.4.